The molecule has 0 spiro atoms. The lowest BCUT2D eigenvalue weighted by Crippen LogP contribution is -2.28. The maximum Gasteiger partial charge on any atom is 0.268 e. The van der Waals surface area contributed by atoms with Gasteiger partial charge < -0.3 is 14.9 Å². The first-order valence-corrected chi connectivity index (χ1v) is 9.06. The Bertz CT molecular complexity index is 1070. The number of benzene rings is 2. The molecule has 7 heteroatoms. The summed E-state index contributed by atoms with van der Waals surface area (Å²) < 4.78 is 19.2. The Morgan fingerprint density at radius 3 is 2.86 bits per heavy atom. The van der Waals surface area contributed by atoms with E-state index in [-0.39, 0.29) is 18.1 Å². The van der Waals surface area contributed by atoms with Crippen molar-refractivity contribution in [2.45, 2.75) is 19.4 Å². The second kappa shape index (κ2) is 8.10. The Morgan fingerprint density at radius 1 is 1.21 bits per heavy atom. The van der Waals surface area contributed by atoms with Gasteiger partial charge in [0.15, 0.2) is 0 Å². The van der Waals surface area contributed by atoms with E-state index < -0.39 is 6.10 Å². The number of carbonyl (C=O) groups excluding carboxylic acids is 1. The smallest absolute Gasteiger partial charge is 0.268 e. The highest BCUT2D eigenvalue weighted by atomic mass is 19.1. The van der Waals surface area contributed by atoms with Crippen LogP contribution in [0.15, 0.2) is 72.1 Å². The summed E-state index contributed by atoms with van der Waals surface area (Å²) >= 11 is 0. The van der Waals surface area contributed by atoms with Crippen molar-refractivity contribution in [1.29, 1.82) is 0 Å². The molecule has 0 bridgehead atoms. The minimum atomic E-state index is -0.764. The van der Waals surface area contributed by atoms with E-state index >= 15 is 0 Å². The molecule has 146 valence electrons. The second-order valence-corrected chi connectivity index (χ2v) is 6.61. The predicted octanol–water partition coefficient (Wildman–Crippen LogP) is 4.45. The summed E-state index contributed by atoms with van der Waals surface area (Å²) in [6.07, 6.45) is 2.81. The molecule has 1 atom stereocenters. The quantitative estimate of drug-likeness (QED) is 0.697. The minimum absolute atomic E-state index is 0.274. The van der Waals surface area contributed by atoms with Crippen LogP contribution in [0.4, 0.5) is 10.1 Å². The van der Waals surface area contributed by atoms with E-state index in [9.17, 15) is 9.18 Å². The molecular formula is C22H18FN3O3. The molecular weight excluding hydrogens is 373 g/mol. The molecule has 2 aromatic carbocycles. The van der Waals surface area contributed by atoms with Crippen molar-refractivity contribution in [2.24, 2.45) is 5.16 Å². The van der Waals surface area contributed by atoms with Crippen molar-refractivity contribution in [3.63, 3.8) is 0 Å². The molecule has 0 radical (unpaired) electrons. The van der Waals surface area contributed by atoms with Crippen molar-refractivity contribution in [3.8, 4) is 11.5 Å². The Labute approximate surface area is 167 Å². The van der Waals surface area contributed by atoms with E-state index in [2.05, 4.69) is 15.5 Å². The van der Waals surface area contributed by atoms with Crippen LogP contribution >= 0.6 is 0 Å². The molecule has 1 aliphatic heterocycles. The summed E-state index contributed by atoms with van der Waals surface area (Å²) in [5.74, 6) is 0.626. The average Bonchev–Trinajstić information content (AvgIpc) is 3.21. The molecule has 0 fully saturated rings. The number of carbonyl (C=O) groups is 1. The zero-order chi connectivity index (χ0) is 20.2. The third-order valence-electron chi connectivity index (χ3n) is 4.42. The van der Waals surface area contributed by atoms with Crippen LogP contribution in [-0.2, 0) is 9.63 Å². The molecule has 3 aromatic rings. The molecule has 0 saturated heterocycles. The van der Waals surface area contributed by atoms with Crippen LogP contribution in [0.3, 0.4) is 0 Å². The molecule has 29 heavy (non-hydrogen) atoms. The number of aryl methyl sites for hydroxylation is 1. The van der Waals surface area contributed by atoms with Gasteiger partial charge in [0.1, 0.15) is 17.3 Å². The largest absolute Gasteiger partial charge is 0.455 e. The van der Waals surface area contributed by atoms with Gasteiger partial charge >= 0.3 is 0 Å². The maximum atomic E-state index is 13.4. The lowest BCUT2D eigenvalue weighted by atomic mass is 10.0. The number of oxime groups is 1. The van der Waals surface area contributed by atoms with E-state index in [0.717, 1.165) is 5.56 Å². The number of amides is 1. The normalized spacial score (nSPS) is 15.4. The first kappa shape index (κ1) is 18.6. The lowest BCUT2D eigenvalue weighted by molar-refractivity contribution is -0.125. The summed E-state index contributed by atoms with van der Waals surface area (Å²) in [5, 5.41) is 6.75. The first-order chi connectivity index (χ1) is 14.1. The fourth-order valence-corrected chi connectivity index (χ4v) is 2.96. The van der Waals surface area contributed by atoms with Gasteiger partial charge in [-0.15, -0.1) is 0 Å². The molecule has 4 rings (SSSR count). The van der Waals surface area contributed by atoms with Gasteiger partial charge in [0.05, 0.1) is 11.9 Å². The van der Waals surface area contributed by atoms with Crippen molar-refractivity contribution in [2.75, 3.05) is 5.32 Å². The number of halogens is 1. The van der Waals surface area contributed by atoms with Gasteiger partial charge in [-0.3, -0.25) is 9.78 Å². The lowest BCUT2D eigenvalue weighted by Gasteiger charge is -2.12. The molecule has 0 saturated carbocycles. The van der Waals surface area contributed by atoms with Gasteiger partial charge in [0, 0.05) is 23.9 Å². The molecule has 1 aromatic heterocycles. The summed E-state index contributed by atoms with van der Waals surface area (Å²) in [7, 11) is 0. The number of hydrogen-bond acceptors (Lipinski definition) is 5. The molecule has 1 amide bonds. The standard InChI is InChI=1S/C22H18FN3O3/c1-14-10-17(7-8-20(14)28-18-6-3-9-24-13-18)25-22(27)21-12-19(26-29-21)15-4-2-5-16(23)11-15/h2-11,13,21H,12H2,1H3,(H,25,27)/t21-/m0/s1. The highest BCUT2D eigenvalue weighted by molar-refractivity contribution is 6.06. The van der Waals surface area contributed by atoms with Gasteiger partial charge in [-0.2, -0.15) is 0 Å². The highest BCUT2D eigenvalue weighted by Crippen LogP contribution is 2.27. The predicted molar refractivity (Wildman–Crippen MR) is 107 cm³/mol. The maximum absolute atomic E-state index is 13.4. The molecule has 1 N–H and O–H groups in total. The summed E-state index contributed by atoms with van der Waals surface area (Å²) in [6.45, 7) is 1.89. The van der Waals surface area contributed by atoms with Crippen LogP contribution in [0.25, 0.3) is 0 Å². The Hall–Kier alpha value is -3.74. The second-order valence-electron chi connectivity index (χ2n) is 6.61. The van der Waals surface area contributed by atoms with E-state index in [1.54, 1.807) is 42.7 Å². The third kappa shape index (κ3) is 4.40. The molecule has 0 aliphatic carbocycles. The van der Waals surface area contributed by atoms with Crippen LogP contribution in [0.1, 0.15) is 17.5 Å². The Balaban J connectivity index is 1.38. The Morgan fingerprint density at radius 2 is 2.10 bits per heavy atom. The van der Waals surface area contributed by atoms with Crippen molar-refractivity contribution in [3.05, 3.63) is 83.9 Å². The number of anilines is 1. The van der Waals surface area contributed by atoms with Crippen molar-refractivity contribution >= 4 is 17.3 Å². The van der Waals surface area contributed by atoms with Crippen LogP contribution in [-0.4, -0.2) is 22.7 Å². The monoisotopic (exact) mass is 391 g/mol. The number of nitrogens with one attached hydrogen (secondary N) is 1. The molecule has 0 unspecified atom stereocenters. The Kier molecular flexibility index (Phi) is 5.20. The fraction of sp³-hybridized carbons (Fsp3) is 0.136. The average molecular weight is 391 g/mol. The van der Waals surface area contributed by atoms with Crippen LogP contribution in [0, 0.1) is 12.7 Å². The summed E-state index contributed by atoms with van der Waals surface area (Å²) in [4.78, 5) is 21.8. The van der Waals surface area contributed by atoms with Gasteiger partial charge in [-0.25, -0.2) is 4.39 Å². The summed E-state index contributed by atoms with van der Waals surface area (Å²) in [6, 6.07) is 15.0. The van der Waals surface area contributed by atoms with E-state index in [0.29, 0.717) is 28.5 Å². The molecule has 6 nitrogen and oxygen atoms in total. The van der Waals surface area contributed by atoms with E-state index in [4.69, 9.17) is 9.57 Å². The zero-order valence-electron chi connectivity index (χ0n) is 15.6. The van der Waals surface area contributed by atoms with Gasteiger partial charge in [-0.1, -0.05) is 17.3 Å². The number of aromatic nitrogens is 1. The minimum Gasteiger partial charge on any atom is -0.455 e. The molecule has 2 heterocycles. The van der Waals surface area contributed by atoms with Crippen LogP contribution in [0.5, 0.6) is 11.5 Å². The van der Waals surface area contributed by atoms with Crippen LogP contribution < -0.4 is 10.1 Å². The van der Waals surface area contributed by atoms with Crippen LogP contribution in [0.2, 0.25) is 0 Å². The SMILES string of the molecule is Cc1cc(NC(=O)[C@@H]2CC(c3cccc(F)c3)=NO2)ccc1Oc1cccnc1. The number of nitrogens with zero attached hydrogens (tertiary/aromatic N) is 2. The highest BCUT2D eigenvalue weighted by Gasteiger charge is 2.29. The van der Waals surface area contributed by atoms with Gasteiger partial charge in [0.2, 0.25) is 6.10 Å². The fourth-order valence-electron chi connectivity index (χ4n) is 2.96. The van der Waals surface area contributed by atoms with E-state index in [1.165, 1.54) is 12.1 Å². The van der Waals surface area contributed by atoms with Crippen molar-refractivity contribution in [1.82, 2.24) is 4.98 Å². The number of hydrogen-bond donors (Lipinski definition) is 1. The van der Waals surface area contributed by atoms with Gasteiger partial charge in [-0.05, 0) is 55.0 Å². The van der Waals surface area contributed by atoms with Crippen molar-refractivity contribution < 1.29 is 18.8 Å². The summed E-state index contributed by atoms with van der Waals surface area (Å²) in [5.41, 5.74) is 2.62. The third-order valence-corrected chi connectivity index (χ3v) is 4.42. The topological polar surface area (TPSA) is 72.8 Å². The van der Waals surface area contributed by atoms with Gasteiger partial charge in [0.25, 0.3) is 5.91 Å². The number of rotatable bonds is 5. The first-order valence-electron chi connectivity index (χ1n) is 9.06. The number of pyridine rings is 1. The van der Waals surface area contributed by atoms with E-state index in [1.807, 2.05) is 19.1 Å². The number of ether oxygens (including phenoxy) is 1. The zero-order valence-corrected chi connectivity index (χ0v) is 15.6. The molecule has 1 aliphatic rings.